The summed E-state index contributed by atoms with van der Waals surface area (Å²) in [6, 6.07) is 3.84. The highest BCUT2D eigenvalue weighted by molar-refractivity contribution is 5.95. The van der Waals surface area contributed by atoms with Crippen LogP contribution in [0.2, 0.25) is 0 Å². The van der Waals surface area contributed by atoms with Crippen molar-refractivity contribution in [1.82, 2.24) is 9.88 Å². The Morgan fingerprint density at radius 1 is 1.33 bits per heavy atom. The molecule has 4 nitrogen and oxygen atoms in total. The number of rotatable bonds is 8. The average molecular weight is 289 g/mol. The molecule has 0 aliphatic heterocycles. The summed E-state index contributed by atoms with van der Waals surface area (Å²) in [6.45, 7) is 8.80. The van der Waals surface area contributed by atoms with Gasteiger partial charge in [-0.3, -0.25) is 4.79 Å². The zero-order chi connectivity index (χ0) is 15.2. The number of pyridine rings is 1. The van der Waals surface area contributed by atoms with E-state index >= 15 is 0 Å². The Labute approximate surface area is 127 Å². The van der Waals surface area contributed by atoms with E-state index in [1.807, 2.05) is 17.0 Å². The standard InChI is InChI=1S/C17H27N3O/c1-4-9-18-16-11-14(10-15(5-2)19-16)17(21)20(6-3)12-13-7-8-13/h10-11,13H,4-9,12H2,1-3H3,(H,18,19). The molecule has 0 atom stereocenters. The van der Waals surface area contributed by atoms with Crippen molar-refractivity contribution in [2.75, 3.05) is 25.0 Å². The molecule has 4 heteroatoms. The summed E-state index contributed by atoms with van der Waals surface area (Å²) in [5, 5.41) is 3.29. The Bertz CT molecular complexity index is 483. The van der Waals surface area contributed by atoms with E-state index in [0.29, 0.717) is 0 Å². The number of aryl methyl sites for hydroxylation is 1. The maximum Gasteiger partial charge on any atom is 0.254 e. The third-order valence-corrected chi connectivity index (χ3v) is 3.89. The summed E-state index contributed by atoms with van der Waals surface area (Å²) >= 11 is 0. The average Bonchev–Trinajstić information content (AvgIpc) is 3.33. The normalized spacial score (nSPS) is 14.0. The monoisotopic (exact) mass is 289 g/mol. The molecule has 1 heterocycles. The minimum absolute atomic E-state index is 0.140. The molecule has 0 spiro atoms. The van der Waals surface area contributed by atoms with Crippen LogP contribution in [0, 0.1) is 5.92 Å². The van der Waals surface area contributed by atoms with Crippen LogP contribution in [0.1, 0.15) is 56.1 Å². The highest BCUT2D eigenvalue weighted by Gasteiger charge is 2.26. The quantitative estimate of drug-likeness (QED) is 0.798. The van der Waals surface area contributed by atoms with E-state index < -0.39 is 0 Å². The molecule has 1 aliphatic rings. The largest absolute Gasteiger partial charge is 0.370 e. The summed E-state index contributed by atoms with van der Waals surface area (Å²) in [5.41, 5.74) is 1.74. The van der Waals surface area contributed by atoms with Crippen LogP contribution in [-0.4, -0.2) is 35.4 Å². The Morgan fingerprint density at radius 3 is 2.67 bits per heavy atom. The molecule has 1 saturated carbocycles. The number of nitrogens with zero attached hydrogens (tertiary/aromatic N) is 2. The van der Waals surface area contributed by atoms with Gasteiger partial charge in [-0.05, 0) is 50.7 Å². The van der Waals surface area contributed by atoms with Crippen molar-refractivity contribution in [3.05, 3.63) is 23.4 Å². The van der Waals surface area contributed by atoms with Gasteiger partial charge in [0.05, 0.1) is 0 Å². The van der Waals surface area contributed by atoms with Gasteiger partial charge in [-0.1, -0.05) is 13.8 Å². The Morgan fingerprint density at radius 2 is 2.10 bits per heavy atom. The number of anilines is 1. The van der Waals surface area contributed by atoms with Crippen molar-refractivity contribution < 1.29 is 4.79 Å². The van der Waals surface area contributed by atoms with Gasteiger partial charge in [0.2, 0.25) is 0 Å². The number of aromatic nitrogens is 1. The molecule has 0 bridgehead atoms. The van der Waals surface area contributed by atoms with Crippen LogP contribution in [0.15, 0.2) is 12.1 Å². The zero-order valence-corrected chi connectivity index (χ0v) is 13.5. The second-order valence-electron chi connectivity index (χ2n) is 5.80. The third kappa shape index (κ3) is 4.45. The van der Waals surface area contributed by atoms with Crippen molar-refractivity contribution in [2.45, 2.75) is 46.5 Å². The van der Waals surface area contributed by atoms with E-state index in [1.165, 1.54) is 12.8 Å². The maximum absolute atomic E-state index is 12.7. The molecule has 21 heavy (non-hydrogen) atoms. The van der Waals surface area contributed by atoms with E-state index in [9.17, 15) is 4.79 Å². The van der Waals surface area contributed by atoms with Crippen LogP contribution >= 0.6 is 0 Å². The summed E-state index contributed by atoms with van der Waals surface area (Å²) in [5.74, 6) is 1.68. The molecular weight excluding hydrogens is 262 g/mol. The van der Waals surface area contributed by atoms with Gasteiger partial charge in [0.15, 0.2) is 0 Å². The lowest BCUT2D eigenvalue weighted by Crippen LogP contribution is -2.32. The molecule has 1 aromatic heterocycles. The lowest BCUT2D eigenvalue weighted by molar-refractivity contribution is 0.0756. The number of hydrogen-bond donors (Lipinski definition) is 1. The van der Waals surface area contributed by atoms with E-state index in [1.54, 1.807) is 0 Å². The summed E-state index contributed by atoms with van der Waals surface area (Å²) in [4.78, 5) is 19.2. The first kappa shape index (κ1) is 15.8. The van der Waals surface area contributed by atoms with Gasteiger partial charge < -0.3 is 10.2 Å². The van der Waals surface area contributed by atoms with Crippen molar-refractivity contribution in [2.24, 2.45) is 5.92 Å². The van der Waals surface area contributed by atoms with Crippen LogP contribution in [0.4, 0.5) is 5.82 Å². The number of carbonyl (C=O) groups excluding carboxylic acids is 1. The van der Waals surface area contributed by atoms with Crippen molar-refractivity contribution in [1.29, 1.82) is 0 Å². The minimum atomic E-state index is 0.140. The third-order valence-electron chi connectivity index (χ3n) is 3.89. The smallest absolute Gasteiger partial charge is 0.254 e. The van der Waals surface area contributed by atoms with Gasteiger partial charge in [0.1, 0.15) is 5.82 Å². The Kier molecular flexibility index (Phi) is 5.59. The van der Waals surface area contributed by atoms with E-state index in [4.69, 9.17) is 0 Å². The first-order chi connectivity index (χ1) is 10.2. The van der Waals surface area contributed by atoms with Crippen LogP contribution in [0.3, 0.4) is 0 Å². The van der Waals surface area contributed by atoms with Gasteiger partial charge in [-0.15, -0.1) is 0 Å². The Balaban J connectivity index is 2.16. The first-order valence-electron chi connectivity index (χ1n) is 8.22. The summed E-state index contributed by atoms with van der Waals surface area (Å²) in [6.07, 6.45) is 4.42. The van der Waals surface area contributed by atoms with E-state index in [2.05, 4.69) is 31.1 Å². The predicted molar refractivity (Wildman–Crippen MR) is 86.7 cm³/mol. The molecule has 1 N–H and O–H groups in total. The molecule has 0 saturated heterocycles. The van der Waals surface area contributed by atoms with Crippen molar-refractivity contribution in [3.63, 3.8) is 0 Å². The summed E-state index contributed by atoms with van der Waals surface area (Å²) < 4.78 is 0. The predicted octanol–water partition coefficient (Wildman–Crippen LogP) is 3.34. The maximum atomic E-state index is 12.7. The SMILES string of the molecule is CCCNc1cc(C(=O)N(CC)CC2CC2)cc(CC)n1. The van der Waals surface area contributed by atoms with Crippen LogP contribution in [-0.2, 0) is 6.42 Å². The topological polar surface area (TPSA) is 45.2 Å². The zero-order valence-electron chi connectivity index (χ0n) is 13.5. The van der Waals surface area contributed by atoms with Gasteiger partial charge in [0.25, 0.3) is 5.91 Å². The first-order valence-corrected chi connectivity index (χ1v) is 8.22. The van der Waals surface area contributed by atoms with E-state index in [-0.39, 0.29) is 5.91 Å². The highest BCUT2D eigenvalue weighted by Crippen LogP contribution is 2.30. The molecular formula is C17H27N3O. The van der Waals surface area contributed by atoms with Crippen molar-refractivity contribution in [3.8, 4) is 0 Å². The van der Waals surface area contributed by atoms with E-state index in [0.717, 1.165) is 55.5 Å². The lowest BCUT2D eigenvalue weighted by atomic mass is 10.1. The van der Waals surface area contributed by atoms with Gasteiger partial charge in [-0.25, -0.2) is 4.98 Å². The molecule has 0 unspecified atom stereocenters. The second-order valence-corrected chi connectivity index (χ2v) is 5.80. The van der Waals surface area contributed by atoms with Crippen LogP contribution < -0.4 is 5.32 Å². The number of nitrogens with one attached hydrogen (secondary N) is 1. The molecule has 2 rings (SSSR count). The Hall–Kier alpha value is -1.58. The lowest BCUT2D eigenvalue weighted by Gasteiger charge is -2.21. The molecule has 1 amide bonds. The fraction of sp³-hybridized carbons (Fsp3) is 0.647. The fourth-order valence-corrected chi connectivity index (χ4v) is 2.39. The van der Waals surface area contributed by atoms with Gasteiger partial charge >= 0.3 is 0 Å². The van der Waals surface area contributed by atoms with Crippen molar-refractivity contribution >= 4 is 11.7 Å². The van der Waals surface area contributed by atoms with Crippen LogP contribution in [0.25, 0.3) is 0 Å². The van der Waals surface area contributed by atoms with Gasteiger partial charge in [-0.2, -0.15) is 0 Å². The summed E-state index contributed by atoms with van der Waals surface area (Å²) in [7, 11) is 0. The number of carbonyl (C=O) groups is 1. The number of amides is 1. The number of hydrogen-bond acceptors (Lipinski definition) is 3. The molecule has 1 aliphatic carbocycles. The van der Waals surface area contributed by atoms with Crippen LogP contribution in [0.5, 0.6) is 0 Å². The highest BCUT2D eigenvalue weighted by atomic mass is 16.2. The van der Waals surface area contributed by atoms with Gasteiger partial charge in [0, 0.05) is 30.9 Å². The molecule has 1 fully saturated rings. The molecule has 116 valence electrons. The second kappa shape index (κ2) is 7.43. The molecule has 0 aromatic carbocycles. The molecule has 1 aromatic rings. The molecule has 0 radical (unpaired) electrons. The fourth-order valence-electron chi connectivity index (χ4n) is 2.39. The minimum Gasteiger partial charge on any atom is -0.370 e.